The second-order valence-corrected chi connectivity index (χ2v) is 6.72. The summed E-state index contributed by atoms with van der Waals surface area (Å²) in [5, 5.41) is 2.83. The van der Waals surface area contributed by atoms with Gasteiger partial charge in [-0.05, 0) is 80.4 Å². The summed E-state index contributed by atoms with van der Waals surface area (Å²) < 4.78 is 11.4. The van der Waals surface area contributed by atoms with Gasteiger partial charge in [-0.3, -0.25) is 4.79 Å². The summed E-state index contributed by atoms with van der Waals surface area (Å²) in [7, 11) is 0. The van der Waals surface area contributed by atoms with Crippen LogP contribution in [0.5, 0.6) is 17.2 Å². The van der Waals surface area contributed by atoms with Crippen LogP contribution in [-0.4, -0.2) is 17.5 Å². The van der Waals surface area contributed by atoms with Gasteiger partial charge in [0.15, 0.2) is 0 Å². The predicted molar refractivity (Wildman–Crippen MR) is 115 cm³/mol. The van der Waals surface area contributed by atoms with Crippen LogP contribution in [0, 0.1) is 13.8 Å². The molecule has 0 aliphatic heterocycles. The Labute approximate surface area is 170 Å². The lowest BCUT2D eigenvalue weighted by Gasteiger charge is -2.11. The van der Waals surface area contributed by atoms with E-state index in [1.165, 1.54) is 0 Å². The number of nitrogens with two attached hydrogens (primary N) is 1. The Bertz CT molecular complexity index is 983. The van der Waals surface area contributed by atoms with Gasteiger partial charge in [-0.25, -0.2) is 4.98 Å². The molecule has 1 aromatic heterocycles. The van der Waals surface area contributed by atoms with E-state index in [0.29, 0.717) is 29.4 Å². The average Bonchev–Trinajstić information content (AvgIpc) is 2.71. The topological polar surface area (TPSA) is 86.5 Å². The third-order valence-electron chi connectivity index (χ3n) is 4.38. The SMILES string of the molecule is CCCOc1ccc(Oc2ccc(NC(=O)c3cc(C)c(C)nc3N)cc2)cc1. The zero-order valence-electron chi connectivity index (χ0n) is 16.9. The van der Waals surface area contributed by atoms with Crippen LogP contribution in [0.2, 0.25) is 0 Å². The van der Waals surface area contributed by atoms with Gasteiger partial charge >= 0.3 is 0 Å². The number of ether oxygens (including phenoxy) is 2. The molecule has 0 radical (unpaired) electrons. The Morgan fingerprint density at radius 1 is 1.00 bits per heavy atom. The van der Waals surface area contributed by atoms with Gasteiger partial charge in [-0.2, -0.15) is 0 Å². The van der Waals surface area contributed by atoms with Crippen LogP contribution in [0.25, 0.3) is 0 Å². The molecule has 3 rings (SSSR count). The van der Waals surface area contributed by atoms with Gasteiger partial charge in [0.2, 0.25) is 0 Å². The summed E-state index contributed by atoms with van der Waals surface area (Å²) in [5.74, 6) is 2.11. The number of aromatic nitrogens is 1. The first-order valence-corrected chi connectivity index (χ1v) is 9.52. The summed E-state index contributed by atoms with van der Waals surface area (Å²) in [6.07, 6.45) is 0.966. The molecule has 0 saturated carbocycles. The number of rotatable bonds is 7. The fourth-order valence-electron chi connectivity index (χ4n) is 2.67. The molecule has 0 unspecified atom stereocenters. The van der Waals surface area contributed by atoms with Crippen LogP contribution in [-0.2, 0) is 0 Å². The first kappa shape index (κ1) is 20.2. The van der Waals surface area contributed by atoms with E-state index >= 15 is 0 Å². The Morgan fingerprint density at radius 3 is 2.21 bits per heavy atom. The lowest BCUT2D eigenvalue weighted by atomic mass is 10.1. The number of aryl methyl sites for hydroxylation is 2. The summed E-state index contributed by atoms with van der Waals surface area (Å²) in [6, 6.07) is 16.3. The van der Waals surface area contributed by atoms with Crippen molar-refractivity contribution in [3.63, 3.8) is 0 Å². The Hall–Kier alpha value is -3.54. The summed E-state index contributed by atoms with van der Waals surface area (Å²) in [6.45, 7) is 6.51. The molecule has 0 atom stereocenters. The van der Waals surface area contributed by atoms with E-state index in [0.717, 1.165) is 23.4 Å². The fraction of sp³-hybridized carbons (Fsp3) is 0.217. The maximum Gasteiger partial charge on any atom is 0.259 e. The van der Waals surface area contributed by atoms with Crippen LogP contribution < -0.4 is 20.5 Å². The minimum atomic E-state index is -0.297. The molecule has 0 bridgehead atoms. The van der Waals surface area contributed by atoms with Crippen LogP contribution in [0.3, 0.4) is 0 Å². The maximum atomic E-state index is 12.5. The van der Waals surface area contributed by atoms with Crippen molar-refractivity contribution >= 4 is 17.4 Å². The smallest absolute Gasteiger partial charge is 0.259 e. The lowest BCUT2D eigenvalue weighted by molar-refractivity contribution is 0.102. The first-order chi connectivity index (χ1) is 14.0. The van der Waals surface area contributed by atoms with Crippen LogP contribution in [0.1, 0.15) is 35.0 Å². The molecule has 0 fully saturated rings. The van der Waals surface area contributed by atoms with E-state index in [1.807, 2.05) is 38.1 Å². The van der Waals surface area contributed by atoms with E-state index in [2.05, 4.69) is 17.2 Å². The molecular formula is C23H25N3O3. The number of nitrogen functional groups attached to an aromatic ring is 1. The zero-order valence-corrected chi connectivity index (χ0v) is 16.9. The molecule has 1 heterocycles. The number of pyridine rings is 1. The Morgan fingerprint density at radius 2 is 1.59 bits per heavy atom. The fourth-order valence-corrected chi connectivity index (χ4v) is 2.67. The predicted octanol–water partition coefficient (Wildman–Crippen LogP) is 5.11. The maximum absolute atomic E-state index is 12.5. The number of hydrogen-bond acceptors (Lipinski definition) is 5. The Kier molecular flexibility index (Phi) is 6.34. The third kappa shape index (κ3) is 5.25. The molecule has 1 amide bonds. The van der Waals surface area contributed by atoms with E-state index in [-0.39, 0.29) is 11.7 Å². The van der Waals surface area contributed by atoms with Crippen LogP contribution >= 0.6 is 0 Å². The molecule has 0 spiro atoms. The molecule has 6 heteroatoms. The van der Waals surface area contributed by atoms with Gasteiger partial charge in [-0.15, -0.1) is 0 Å². The van der Waals surface area contributed by atoms with Gasteiger partial charge in [-0.1, -0.05) is 6.92 Å². The molecule has 150 valence electrons. The van der Waals surface area contributed by atoms with E-state index < -0.39 is 0 Å². The number of carbonyl (C=O) groups is 1. The molecule has 3 aromatic rings. The molecule has 2 aromatic carbocycles. The number of nitrogens with zero attached hydrogens (tertiary/aromatic N) is 1. The molecular weight excluding hydrogens is 366 g/mol. The van der Waals surface area contributed by atoms with Crippen LogP contribution in [0.15, 0.2) is 54.6 Å². The normalized spacial score (nSPS) is 10.4. The minimum absolute atomic E-state index is 0.219. The molecule has 6 nitrogen and oxygen atoms in total. The molecule has 3 N–H and O–H groups in total. The van der Waals surface area contributed by atoms with Crippen molar-refractivity contribution in [3.05, 3.63) is 71.4 Å². The van der Waals surface area contributed by atoms with E-state index in [4.69, 9.17) is 15.2 Å². The highest BCUT2D eigenvalue weighted by molar-refractivity contribution is 6.07. The molecule has 0 aliphatic carbocycles. The van der Waals surface area contributed by atoms with Crippen molar-refractivity contribution in [2.24, 2.45) is 0 Å². The van der Waals surface area contributed by atoms with E-state index in [1.54, 1.807) is 30.3 Å². The van der Waals surface area contributed by atoms with Gasteiger partial charge in [0.1, 0.15) is 23.1 Å². The summed E-state index contributed by atoms with van der Waals surface area (Å²) >= 11 is 0. The second kappa shape index (κ2) is 9.10. The number of anilines is 2. The second-order valence-electron chi connectivity index (χ2n) is 6.72. The van der Waals surface area contributed by atoms with Crippen LogP contribution in [0.4, 0.5) is 11.5 Å². The third-order valence-corrected chi connectivity index (χ3v) is 4.38. The highest BCUT2D eigenvalue weighted by Crippen LogP contribution is 2.25. The van der Waals surface area contributed by atoms with Crippen molar-refractivity contribution < 1.29 is 14.3 Å². The number of nitrogens with one attached hydrogen (secondary N) is 1. The molecule has 29 heavy (non-hydrogen) atoms. The number of benzene rings is 2. The highest BCUT2D eigenvalue weighted by atomic mass is 16.5. The standard InChI is InChI=1S/C23H25N3O3/c1-4-13-28-18-9-11-20(12-10-18)29-19-7-5-17(6-8-19)26-23(27)21-14-15(2)16(3)25-22(21)24/h5-12,14H,4,13H2,1-3H3,(H2,24,25)(H,26,27). The number of amides is 1. The largest absolute Gasteiger partial charge is 0.494 e. The molecule has 0 aliphatic rings. The number of hydrogen-bond donors (Lipinski definition) is 2. The van der Waals surface area contributed by atoms with E-state index in [9.17, 15) is 4.79 Å². The van der Waals surface area contributed by atoms with Crippen molar-refractivity contribution in [3.8, 4) is 17.2 Å². The van der Waals surface area contributed by atoms with Gasteiger partial charge < -0.3 is 20.5 Å². The highest BCUT2D eigenvalue weighted by Gasteiger charge is 2.13. The van der Waals surface area contributed by atoms with Gasteiger partial charge in [0, 0.05) is 11.4 Å². The minimum Gasteiger partial charge on any atom is -0.494 e. The van der Waals surface area contributed by atoms with Crippen molar-refractivity contribution in [2.45, 2.75) is 27.2 Å². The van der Waals surface area contributed by atoms with Crippen molar-refractivity contribution in [1.29, 1.82) is 0 Å². The lowest BCUT2D eigenvalue weighted by Crippen LogP contribution is -2.15. The Balaban J connectivity index is 1.63. The monoisotopic (exact) mass is 391 g/mol. The number of carbonyl (C=O) groups excluding carboxylic acids is 1. The molecule has 0 saturated heterocycles. The van der Waals surface area contributed by atoms with Crippen molar-refractivity contribution in [1.82, 2.24) is 4.98 Å². The average molecular weight is 391 g/mol. The summed E-state index contributed by atoms with van der Waals surface area (Å²) in [5.41, 5.74) is 8.62. The van der Waals surface area contributed by atoms with Gasteiger partial charge in [0.05, 0.1) is 12.2 Å². The van der Waals surface area contributed by atoms with Gasteiger partial charge in [0.25, 0.3) is 5.91 Å². The summed E-state index contributed by atoms with van der Waals surface area (Å²) in [4.78, 5) is 16.7. The quantitative estimate of drug-likeness (QED) is 0.584. The zero-order chi connectivity index (χ0) is 20.8. The van der Waals surface area contributed by atoms with Crippen molar-refractivity contribution in [2.75, 3.05) is 17.7 Å². The first-order valence-electron chi connectivity index (χ1n) is 9.52.